The maximum absolute atomic E-state index is 13.2. The molecule has 0 saturated carbocycles. The van der Waals surface area contributed by atoms with Crippen LogP contribution in [0.2, 0.25) is 0 Å². The number of benzene rings is 2. The van der Waals surface area contributed by atoms with E-state index in [9.17, 15) is 12.8 Å². The molecule has 0 fully saturated rings. The van der Waals surface area contributed by atoms with E-state index in [0.717, 1.165) is 17.2 Å². The lowest BCUT2D eigenvalue weighted by Crippen LogP contribution is -2.08. The summed E-state index contributed by atoms with van der Waals surface area (Å²) in [6.45, 7) is 1.90. The van der Waals surface area contributed by atoms with Crippen molar-refractivity contribution in [2.75, 3.05) is 0 Å². The molecule has 3 nitrogen and oxygen atoms in total. The van der Waals surface area contributed by atoms with Gasteiger partial charge in [-0.2, -0.15) is 5.26 Å². The van der Waals surface area contributed by atoms with Crippen molar-refractivity contribution in [1.82, 2.24) is 0 Å². The fourth-order valence-corrected chi connectivity index (χ4v) is 3.59. The first-order chi connectivity index (χ1) is 9.89. The van der Waals surface area contributed by atoms with Gasteiger partial charge in [-0.3, -0.25) is 0 Å². The summed E-state index contributed by atoms with van der Waals surface area (Å²) in [5, 5.41) is 8.77. The molecule has 0 bridgehead atoms. The molecular formula is C16H14FNO2S. The molecule has 0 saturated heterocycles. The lowest BCUT2D eigenvalue weighted by molar-refractivity contribution is 0.594. The van der Waals surface area contributed by atoms with Gasteiger partial charge in [0, 0.05) is 0 Å². The molecular weight excluding hydrogens is 289 g/mol. The number of rotatable bonds is 4. The summed E-state index contributed by atoms with van der Waals surface area (Å²) in [6.07, 6.45) is 0. The van der Waals surface area contributed by atoms with Crippen LogP contribution in [-0.4, -0.2) is 8.42 Å². The maximum Gasteiger partial charge on any atom is 0.158 e. The fourth-order valence-electron chi connectivity index (χ4n) is 2.11. The fraction of sp³-hybridized carbons (Fsp3) is 0.188. The van der Waals surface area contributed by atoms with E-state index in [1.165, 1.54) is 12.1 Å². The third-order valence-corrected chi connectivity index (χ3v) is 4.55. The molecule has 0 N–H and O–H groups in total. The van der Waals surface area contributed by atoms with Gasteiger partial charge in [0.05, 0.1) is 17.1 Å². The standard InChI is InChI=1S/C16H14FNO2S/c1-12-3-2-4-13(7-12)10-21(19,20)11-14-5-6-16(17)15(8-14)9-18/h2-8H,10-11H2,1H3. The van der Waals surface area contributed by atoms with Crippen LogP contribution in [-0.2, 0) is 21.3 Å². The number of nitriles is 1. The minimum atomic E-state index is -3.37. The Hall–Kier alpha value is -2.19. The third kappa shape index (κ3) is 4.14. The second-order valence-electron chi connectivity index (χ2n) is 4.95. The largest absolute Gasteiger partial charge is 0.228 e. The molecule has 21 heavy (non-hydrogen) atoms. The van der Waals surface area contributed by atoms with Gasteiger partial charge in [0.1, 0.15) is 11.9 Å². The Morgan fingerprint density at radius 1 is 1.10 bits per heavy atom. The first-order valence-corrected chi connectivity index (χ1v) is 8.16. The van der Waals surface area contributed by atoms with E-state index in [1.54, 1.807) is 12.1 Å². The summed E-state index contributed by atoms with van der Waals surface area (Å²) in [7, 11) is -3.37. The smallest absolute Gasteiger partial charge is 0.158 e. The summed E-state index contributed by atoms with van der Waals surface area (Å²) in [4.78, 5) is 0. The highest BCUT2D eigenvalue weighted by molar-refractivity contribution is 7.89. The molecule has 0 atom stereocenters. The zero-order valence-corrected chi connectivity index (χ0v) is 12.3. The van der Waals surface area contributed by atoms with E-state index < -0.39 is 15.7 Å². The third-order valence-electron chi connectivity index (χ3n) is 3.01. The van der Waals surface area contributed by atoms with Crippen molar-refractivity contribution in [2.24, 2.45) is 0 Å². The van der Waals surface area contributed by atoms with Crippen LogP contribution in [0.4, 0.5) is 4.39 Å². The number of aryl methyl sites for hydroxylation is 1. The van der Waals surface area contributed by atoms with E-state index in [2.05, 4.69) is 0 Å². The number of halogens is 1. The lowest BCUT2D eigenvalue weighted by Gasteiger charge is -2.06. The average molecular weight is 303 g/mol. The zero-order chi connectivity index (χ0) is 15.5. The molecule has 2 aromatic rings. The highest BCUT2D eigenvalue weighted by Gasteiger charge is 2.14. The minimum Gasteiger partial charge on any atom is -0.228 e. The summed E-state index contributed by atoms with van der Waals surface area (Å²) in [6, 6.07) is 12.8. The Labute approximate surface area is 123 Å². The predicted molar refractivity (Wildman–Crippen MR) is 78.6 cm³/mol. The van der Waals surface area contributed by atoms with Gasteiger partial charge in [0.25, 0.3) is 0 Å². The van der Waals surface area contributed by atoms with Gasteiger partial charge >= 0.3 is 0 Å². The second kappa shape index (κ2) is 6.06. The summed E-state index contributed by atoms with van der Waals surface area (Å²) in [5.74, 6) is -0.929. The Morgan fingerprint density at radius 2 is 1.76 bits per heavy atom. The monoisotopic (exact) mass is 303 g/mol. The summed E-state index contributed by atoms with van der Waals surface area (Å²) in [5.41, 5.74) is 1.99. The summed E-state index contributed by atoms with van der Waals surface area (Å²) >= 11 is 0. The molecule has 0 heterocycles. The summed E-state index contributed by atoms with van der Waals surface area (Å²) < 4.78 is 37.6. The number of hydrogen-bond acceptors (Lipinski definition) is 3. The molecule has 2 aromatic carbocycles. The van der Waals surface area contributed by atoms with Crippen molar-refractivity contribution in [3.63, 3.8) is 0 Å². The lowest BCUT2D eigenvalue weighted by atomic mass is 10.1. The quantitative estimate of drug-likeness (QED) is 0.872. The average Bonchev–Trinajstić information content (AvgIpc) is 2.40. The molecule has 108 valence electrons. The Bertz CT molecular complexity index is 807. The van der Waals surface area contributed by atoms with Crippen molar-refractivity contribution in [3.05, 3.63) is 70.5 Å². The molecule has 0 aromatic heterocycles. The van der Waals surface area contributed by atoms with Crippen molar-refractivity contribution in [1.29, 1.82) is 5.26 Å². The van der Waals surface area contributed by atoms with Crippen molar-refractivity contribution < 1.29 is 12.8 Å². The van der Waals surface area contributed by atoms with Crippen molar-refractivity contribution >= 4 is 9.84 Å². The van der Waals surface area contributed by atoms with Crippen molar-refractivity contribution in [3.8, 4) is 6.07 Å². The second-order valence-corrected chi connectivity index (χ2v) is 7.01. The van der Waals surface area contributed by atoms with Gasteiger partial charge < -0.3 is 0 Å². The highest BCUT2D eigenvalue weighted by Crippen LogP contribution is 2.16. The predicted octanol–water partition coefficient (Wildman–Crippen LogP) is 3.12. The van der Waals surface area contributed by atoms with Crippen LogP contribution < -0.4 is 0 Å². The molecule has 0 aliphatic rings. The van der Waals surface area contributed by atoms with Crippen LogP contribution in [0.25, 0.3) is 0 Å². The van der Waals surface area contributed by atoms with Crippen molar-refractivity contribution in [2.45, 2.75) is 18.4 Å². The van der Waals surface area contributed by atoms with Gasteiger partial charge in [-0.1, -0.05) is 35.9 Å². The van der Waals surface area contributed by atoms with Crippen LogP contribution >= 0.6 is 0 Å². The van der Waals surface area contributed by atoms with E-state index in [-0.39, 0.29) is 17.1 Å². The van der Waals surface area contributed by atoms with Gasteiger partial charge in [-0.25, -0.2) is 12.8 Å². The van der Waals surface area contributed by atoms with E-state index >= 15 is 0 Å². The van der Waals surface area contributed by atoms with Crippen LogP contribution in [0.5, 0.6) is 0 Å². The number of hydrogen-bond donors (Lipinski definition) is 0. The first kappa shape index (κ1) is 15.2. The molecule has 0 amide bonds. The molecule has 0 spiro atoms. The zero-order valence-electron chi connectivity index (χ0n) is 11.5. The molecule has 0 radical (unpaired) electrons. The van der Waals surface area contributed by atoms with Gasteiger partial charge in [-0.15, -0.1) is 0 Å². The van der Waals surface area contributed by atoms with E-state index in [4.69, 9.17) is 5.26 Å². The highest BCUT2D eigenvalue weighted by atomic mass is 32.2. The van der Waals surface area contributed by atoms with Gasteiger partial charge in [-0.05, 0) is 30.2 Å². The molecule has 0 aliphatic heterocycles. The van der Waals surface area contributed by atoms with E-state index in [1.807, 2.05) is 25.1 Å². The van der Waals surface area contributed by atoms with Crippen LogP contribution in [0.3, 0.4) is 0 Å². The van der Waals surface area contributed by atoms with Crippen LogP contribution in [0, 0.1) is 24.1 Å². The number of sulfone groups is 1. The Balaban J connectivity index is 2.20. The molecule has 0 unspecified atom stereocenters. The Kier molecular flexibility index (Phi) is 4.39. The molecule has 5 heteroatoms. The van der Waals surface area contributed by atoms with Gasteiger partial charge in [0.2, 0.25) is 0 Å². The van der Waals surface area contributed by atoms with E-state index in [0.29, 0.717) is 5.56 Å². The SMILES string of the molecule is Cc1cccc(CS(=O)(=O)Cc2ccc(F)c(C#N)c2)c1. The number of nitrogens with zero attached hydrogens (tertiary/aromatic N) is 1. The Morgan fingerprint density at radius 3 is 2.38 bits per heavy atom. The minimum absolute atomic E-state index is 0.0755. The first-order valence-electron chi connectivity index (χ1n) is 6.34. The molecule has 2 rings (SSSR count). The molecule has 0 aliphatic carbocycles. The maximum atomic E-state index is 13.2. The van der Waals surface area contributed by atoms with Crippen LogP contribution in [0.15, 0.2) is 42.5 Å². The van der Waals surface area contributed by atoms with Crippen LogP contribution in [0.1, 0.15) is 22.3 Å². The normalized spacial score (nSPS) is 11.1. The topological polar surface area (TPSA) is 57.9 Å². The van der Waals surface area contributed by atoms with Gasteiger partial charge in [0.15, 0.2) is 9.84 Å².